The minimum absolute atomic E-state index is 0.563. The molecule has 36 heteroatoms. The Hall–Kier alpha value is -8.76. The van der Waals surface area contributed by atoms with Crippen LogP contribution in [0.2, 0.25) is 0 Å². The lowest BCUT2D eigenvalue weighted by Crippen LogP contribution is -2.76. The van der Waals surface area contributed by atoms with Crippen molar-refractivity contribution in [1.82, 2.24) is 118 Å². The molecule has 0 aliphatic carbocycles. The van der Waals surface area contributed by atoms with Gasteiger partial charge in [-0.1, -0.05) is 0 Å². The molecular weight excluding hydrogens is 1100 g/mol. The van der Waals surface area contributed by atoms with Crippen molar-refractivity contribution in [1.29, 1.82) is 0 Å². The SMILES string of the molecule is CC12N3CN4C(=O)N5CN6C(=O)N7CN8C(=O)N9CN%10C(=O)N%11CN%12C(=O)N%13CN(C3=O)C1(C)N1CN3C(=O)N(CN%14C(=O)N(CN%15C(=O)N(CN%16C(=O)N(CN%17C(=O)N(CN2C1=O)C4(C)C5%17C)C6(C)C7%16C)C8(C)C9%15C)C%10(C)C%11%14C)C%12(C)C%133C. The molecular formula is C48H60N24O12. The third kappa shape index (κ3) is 3.44. The van der Waals surface area contributed by atoms with E-state index < -0.39 is 220 Å². The van der Waals surface area contributed by atoms with E-state index in [1.54, 1.807) is 83.1 Å². The summed E-state index contributed by atoms with van der Waals surface area (Å²) in [5.41, 5.74) is -21.6. The highest BCUT2D eigenvalue weighted by Crippen LogP contribution is 2.66. The van der Waals surface area contributed by atoms with Gasteiger partial charge in [-0.05, 0) is 83.1 Å². The first kappa shape index (κ1) is 47.7. The summed E-state index contributed by atoms with van der Waals surface area (Å²) in [6.45, 7) is 13.0. The molecule has 18 rings (SSSR count). The Morgan fingerprint density at radius 3 is 0.238 bits per heavy atom. The standard InChI is InChI=1S/C48H60N24O12/c1-37-38(2)51-15-55-29(77)59-19-63-33(81)67-23-71-35(83)69-21-65-31(79)61-17-57-27(75)53(13-49(37)25(51)73)39(3)40(57,4)58-18-62-32(80)66(44(65,8)43(61,62)7)22-70-36(84)72(48(71,12)47(69,70)11)24-68-34(82)64(45(63,9)46(67,68)10)20-60-30(78)56(41(55,5)42(59,60)6)16-52(38)26(74)50(37)14-54(39)28(58)76/h13-24H2,1-12H3. The van der Waals surface area contributed by atoms with E-state index in [-0.39, 0.29) is 0 Å². The molecule has 18 aliphatic rings. The summed E-state index contributed by atoms with van der Waals surface area (Å²) in [6, 6.07) is -8.55. The average molecular weight is 1170 g/mol. The molecule has 444 valence electrons. The first-order valence-corrected chi connectivity index (χ1v) is 28.3. The molecule has 0 aromatic rings. The lowest BCUT2D eigenvalue weighted by atomic mass is 9.90. The monoisotopic (exact) mass is 1160 g/mol. The van der Waals surface area contributed by atoms with Crippen LogP contribution in [-0.2, 0) is 0 Å². The average Bonchev–Trinajstić information content (AvgIpc) is 1.48. The highest BCUT2D eigenvalue weighted by Gasteiger charge is 2.90. The van der Waals surface area contributed by atoms with Crippen LogP contribution in [0.5, 0.6) is 0 Å². The fourth-order valence-corrected chi connectivity index (χ4v) is 20.6. The molecule has 0 N–H and O–H groups in total. The van der Waals surface area contributed by atoms with Gasteiger partial charge in [-0.2, -0.15) is 0 Å². The zero-order valence-corrected chi connectivity index (χ0v) is 48.1. The van der Waals surface area contributed by atoms with Crippen LogP contribution in [0.25, 0.3) is 0 Å². The first-order valence-electron chi connectivity index (χ1n) is 28.3. The van der Waals surface area contributed by atoms with E-state index in [9.17, 15) is 0 Å². The van der Waals surface area contributed by atoms with Crippen LogP contribution < -0.4 is 0 Å². The number of hydrogen-bond donors (Lipinski definition) is 0. The van der Waals surface area contributed by atoms with Gasteiger partial charge in [0.15, 0.2) is 68.0 Å². The second-order valence-electron chi connectivity index (χ2n) is 27.6. The highest BCUT2D eigenvalue weighted by atomic mass is 16.3. The number of nitrogens with zero attached hydrogens (tertiary/aromatic N) is 24. The Kier molecular flexibility index (Phi) is 6.73. The van der Waals surface area contributed by atoms with Gasteiger partial charge in [0.1, 0.15) is 80.0 Å². The number of carbonyl (C=O) groups is 12. The van der Waals surface area contributed by atoms with Crippen LogP contribution in [-0.4, -0.2) is 338 Å². The van der Waals surface area contributed by atoms with Gasteiger partial charge < -0.3 is 0 Å². The summed E-state index contributed by atoms with van der Waals surface area (Å²) in [5, 5.41) is 0. The molecule has 0 spiro atoms. The first-order chi connectivity index (χ1) is 39.2. The highest BCUT2D eigenvalue weighted by molar-refractivity contribution is 5.98. The molecule has 18 aliphatic heterocycles. The molecule has 18 heterocycles. The lowest BCUT2D eigenvalue weighted by Gasteiger charge is -2.55. The van der Waals surface area contributed by atoms with Crippen molar-refractivity contribution in [3.63, 3.8) is 0 Å². The van der Waals surface area contributed by atoms with Gasteiger partial charge >= 0.3 is 72.4 Å². The van der Waals surface area contributed by atoms with Crippen molar-refractivity contribution >= 4 is 72.4 Å². The Bertz CT molecular complexity index is 2650. The third-order valence-electron chi connectivity index (χ3n) is 26.9. The summed E-state index contributed by atoms with van der Waals surface area (Å²) < 4.78 is 0. The van der Waals surface area contributed by atoms with Gasteiger partial charge in [-0.25, -0.2) is 57.5 Å². The summed E-state index contributed by atoms with van der Waals surface area (Å²) in [7, 11) is 0. The zero-order chi connectivity index (χ0) is 59.3. The van der Waals surface area contributed by atoms with Crippen LogP contribution in [0, 0.1) is 0 Å². The molecule has 0 aromatic heterocycles. The van der Waals surface area contributed by atoms with Crippen molar-refractivity contribution in [3.8, 4) is 0 Å². The quantitative estimate of drug-likeness (QED) is 0.283. The Labute approximate surface area is 477 Å². The van der Waals surface area contributed by atoms with E-state index in [0.717, 1.165) is 0 Å². The second-order valence-corrected chi connectivity index (χ2v) is 27.6. The van der Waals surface area contributed by atoms with Crippen LogP contribution >= 0.6 is 0 Å². The molecule has 0 unspecified atom stereocenters. The summed E-state index contributed by atoms with van der Waals surface area (Å²) in [5.74, 6) is 0. The van der Waals surface area contributed by atoms with Gasteiger partial charge in [0.2, 0.25) is 0 Å². The van der Waals surface area contributed by atoms with Crippen LogP contribution in [0.3, 0.4) is 0 Å². The van der Waals surface area contributed by atoms with E-state index in [1.165, 1.54) is 118 Å². The predicted molar refractivity (Wildman–Crippen MR) is 268 cm³/mol. The maximum atomic E-state index is 16.1. The molecule has 18 saturated heterocycles. The second kappa shape index (κ2) is 11.9. The van der Waals surface area contributed by atoms with Gasteiger partial charge in [-0.15, -0.1) is 0 Å². The van der Waals surface area contributed by atoms with Crippen molar-refractivity contribution in [2.45, 2.75) is 151 Å². The van der Waals surface area contributed by atoms with Crippen molar-refractivity contribution < 1.29 is 57.5 Å². The van der Waals surface area contributed by atoms with Crippen molar-refractivity contribution in [2.24, 2.45) is 0 Å². The van der Waals surface area contributed by atoms with E-state index in [1.807, 2.05) is 0 Å². The smallest absolute Gasteiger partial charge is 0.279 e. The van der Waals surface area contributed by atoms with Crippen molar-refractivity contribution in [3.05, 3.63) is 0 Å². The molecule has 0 radical (unpaired) electrons. The fraction of sp³-hybridized carbons (Fsp3) is 0.750. The number of amides is 24. The van der Waals surface area contributed by atoms with E-state index in [4.69, 9.17) is 0 Å². The summed E-state index contributed by atoms with van der Waals surface area (Å²) in [4.78, 5) is 226. The Morgan fingerprint density at radius 2 is 0.190 bits per heavy atom. The largest absolute Gasteiger partial charge is 0.326 e. The molecule has 84 heavy (non-hydrogen) atoms. The summed E-state index contributed by atoms with van der Waals surface area (Å²) in [6.07, 6.45) is 0. The molecule has 0 atom stereocenters. The molecule has 0 aromatic carbocycles. The van der Waals surface area contributed by atoms with Crippen molar-refractivity contribution in [2.75, 3.05) is 80.0 Å². The van der Waals surface area contributed by atoms with Crippen LogP contribution in [0.15, 0.2) is 0 Å². The predicted octanol–water partition coefficient (Wildman–Crippen LogP) is -0.983. The Morgan fingerprint density at radius 1 is 0.143 bits per heavy atom. The lowest BCUT2D eigenvalue weighted by molar-refractivity contribution is -0.162. The van der Waals surface area contributed by atoms with E-state index in [0.29, 0.717) is 0 Å². The minimum atomic E-state index is -1.80. The normalized spacial score (nSPS) is 47.0. The number of carbonyl (C=O) groups excluding carboxylic acids is 12. The summed E-state index contributed by atoms with van der Waals surface area (Å²) >= 11 is 0. The molecule has 0 bridgehead atoms. The maximum Gasteiger partial charge on any atom is 0.326 e. The molecule has 36 nitrogen and oxygen atoms in total. The van der Waals surface area contributed by atoms with E-state index >= 15 is 57.5 Å². The molecule has 0 saturated carbocycles. The van der Waals surface area contributed by atoms with Gasteiger partial charge in [-0.3, -0.25) is 118 Å². The molecule has 24 amide bonds. The van der Waals surface area contributed by atoms with Crippen LogP contribution in [0.4, 0.5) is 57.5 Å². The third-order valence-corrected chi connectivity index (χ3v) is 26.9. The zero-order valence-electron chi connectivity index (χ0n) is 48.1. The number of hydrogen-bond acceptors (Lipinski definition) is 12. The topological polar surface area (TPSA) is 283 Å². The minimum Gasteiger partial charge on any atom is -0.279 e. The number of rotatable bonds is 0. The molecule has 18 fully saturated rings. The van der Waals surface area contributed by atoms with Gasteiger partial charge in [0, 0.05) is 0 Å². The van der Waals surface area contributed by atoms with E-state index in [2.05, 4.69) is 0 Å². The Balaban J connectivity index is 0.893. The van der Waals surface area contributed by atoms with Crippen LogP contribution in [0.1, 0.15) is 83.1 Å². The van der Waals surface area contributed by atoms with Gasteiger partial charge in [0.25, 0.3) is 0 Å². The number of urea groups is 12. The van der Waals surface area contributed by atoms with Gasteiger partial charge in [0.05, 0.1) is 0 Å². The fourth-order valence-electron chi connectivity index (χ4n) is 20.6. The maximum absolute atomic E-state index is 16.1.